The highest BCUT2D eigenvalue weighted by Crippen LogP contribution is 2.24. The van der Waals surface area contributed by atoms with Crippen LogP contribution in [0.5, 0.6) is 0 Å². The fraction of sp³-hybridized carbons (Fsp3) is 0.474. The molecule has 3 aromatic rings. The van der Waals surface area contributed by atoms with Crippen LogP contribution >= 0.6 is 0 Å². The molecule has 0 N–H and O–H groups in total. The predicted octanol–water partition coefficient (Wildman–Crippen LogP) is 3.41. The van der Waals surface area contributed by atoms with Crippen molar-refractivity contribution in [3.05, 3.63) is 36.2 Å². The Balaban J connectivity index is 2.00. The number of ether oxygens (including phenoxy) is 2. The zero-order chi connectivity index (χ0) is 20.3. The Hall–Kier alpha value is -2.52. The van der Waals surface area contributed by atoms with Crippen molar-refractivity contribution in [2.45, 2.75) is 46.3 Å². The Bertz CT molecular complexity index is 960. The summed E-state index contributed by atoms with van der Waals surface area (Å²) in [4.78, 5) is 25.8. The summed E-state index contributed by atoms with van der Waals surface area (Å²) in [5.41, 5.74) is 2.51. The normalized spacial score (nSPS) is 11.9. The van der Waals surface area contributed by atoms with Gasteiger partial charge in [0.25, 0.3) is 0 Å². The molecule has 0 aromatic carbocycles. The number of esters is 1. The van der Waals surface area contributed by atoms with Crippen molar-refractivity contribution in [1.29, 1.82) is 0 Å². The van der Waals surface area contributed by atoms with Crippen LogP contribution in [0.25, 0.3) is 17.0 Å². The van der Waals surface area contributed by atoms with Gasteiger partial charge in [-0.3, -0.25) is 4.57 Å². The van der Waals surface area contributed by atoms with Crippen LogP contribution in [-0.4, -0.2) is 51.3 Å². The smallest absolute Gasteiger partial charge is 0.359 e. The zero-order valence-corrected chi connectivity index (χ0v) is 18.1. The highest BCUT2D eigenvalue weighted by molar-refractivity contribution is 6.76. The topological polar surface area (TPSA) is 84.1 Å². The number of fused-ring (bicyclic) bond motifs is 1. The van der Waals surface area contributed by atoms with Crippen LogP contribution in [-0.2, 0) is 16.2 Å². The van der Waals surface area contributed by atoms with E-state index in [9.17, 15) is 4.79 Å². The van der Waals surface area contributed by atoms with Crippen LogP contribution in [0.1, 0.15) is 23.0 Å². The highest BCUT2D eigenvalue weighted by Gasteiger charge is 2.22. The average molecular weight is 402 g/mol. The van der Waals surface area contributed by atoms with E-state index in [2.05, 4.69) is 34.6 Å². The molecule has 0 atom stereocenters. The van der Waals surface area contributed by atoms with Crippen molar-refractivity contribution in [1.82, 2.24) is 24.1 Å². The Morgan fingerprint density at radius 2 is 2.04 bits per heavy atom. The van der Waals surface area contributed by atoms with Crippen molar-refractivity contribution >= 4 is 25.1 Å². The van der Waals surface area contributed by atoms with Gasteiger partial charge in [-0.15, -0.1) is 0 Å². The van der Waals surface area contributed by atoms with Gasteiger partial charge in [-0.1, -0.05) is 19.6 Å². The summed E-state index contributed by atoms with van der Waals surface area (Å²) in [7, 11) is -1.16. The lowest BCUT2D eigenvalue weighted by Gasteiger charge is -2.16. The van der Waals surface area contributed by atoms with Crippen molar-refractivity contribution in [3.63, 3.8) is 0 Å². The number of imidazole rings is 1. The number of nitrogens with zero attached hydrogens (tertiary/aromatic N) is 5. The molecule has 0 bridgehead atoms. The summed E-state index contributed by atoms with van der Waals surface area (Å²) in [6, 6.07) is 1.08. The third-order valence-electron chi connectivity index (χ3n) is 4.31. The summed E-state index contributed by atoms with van der Waals surface area (Å²) in [5.74, 6) is -0.0914. The number of carbonyl (C=O) groups is 1. The second-order valence-corrected chi connectivity index (χ2v) is 13.5. The summed E-state index contributed by atoms with van der Waals surface area (Å²) in [5, 5.41) is 0. The first-order valence-corrected chi connectivity index (χ1v) is 13.1. The fourth-order valence-corrected chi connectivity index (χ4v) is 3.58. The Kier molecular flexibility index (Phi) is 5.95. The summed E-state index contributed by atoms with van der Waals surface area (Å²) < 4.78 is 14.7. The molecule has 9 heteroatoms. The van der Waals surface area contributed by atoms with Gasteiger partial charge in [-0.25, -0.2) is 19.7 Å². The van der Waals surface area contributed by atoms with Gasteiger partial charge in [0.15, 0.2) is 5.69 Å². The molecular weight excluding hydrogens is 374 g/mol. The lowest BCUT2D eigenvalue weighted by Crippen LogP contribution is -2.22. The van der Waals surface area contributed by atoms with Crippen molar-refractivity contribution < 1.29 is 14.3 Å². The maximum absolute atomic E-state index is 12.6. The first kappa shape index (κ1) is 20.2. The molecule has 0 spiro atoms. The van der Waals surface area contributed by atoms with Gasteiger partial charge >= 0.3 is 5.97 Å². The number of rotatable bonds is 8. The first-order chi connectivity index (χ1) is 13.3. The number of hydrogen-bond acceptors (Lipinski definition) is 6. The summed E-state index contributed by atoms with van der Waals surface area (Å²) >= 11 is 0. The van der Waals surface area contributed by atoms with E-state index >= 15 is 0 Å². The van der Waals surface area contributed by atoms with Crippen LogP contribution in [0.2, 0.25) is 25.7 Å². The molecule has 0 aliphatic carbocycles. The van der Waals surface area contributed by atoms with E-state index in [4.69, 9.17) is 9.47 Å². The van der Waals surface area contributed by atoms with E-state index in [0.717, 1.165) is 11.6 Å². The van der Waals surface area contributed by atoms with Gasteiger partial charge in [0.05, 0.1) is 12.1 Å². The number of aryl methyl sites for hydroxylation is 1. The maximum Gasteiger partial charge on any atom is 0.359 e. The van der Waals surface area contributed by atoms with Crippen molar-refractivity contribution in [2.75, 3.05) is 13.2 Å². The Morgan fingerprint density at radius 3 is 2.68 bits per heavy atom. The minimum absolute atomic E-state index is 0.234. The average Bonchev–Trinajstić information content (AvgIpc) is 3.26. The lowest BCUT2D eigenvalue weighted by molar-refractivity contribution is 0.0519. The summed E-state index contributed by atoms with van der Waals surface area (Å²) in [6.45, 7) is 12.0. The number of hydrogen-bond donors (Lipinski definition) is 0. The molecule has 150 valence electrons. The number of aromatic nitrogens is 5. The van der Waals surface area contributed by atoms with E-state index in [1.54, 1.807) is 30.2 Å². The molecule has 0 unspecified atom stereocenters. The van der Waals surface area contributed by atoms with Gasteiger partial charge < -0.3 is 14.0 Å². The summed E-state index contributed by atoms with van der Waals surface area (Å²) in [6.07, 6.45) is 6.92. The molecule has 0 saturated heterocycles. The van der Waals surface area contributed by atoms with Gasteiger partial charge in [-0.2, -0.15) is 0 Å². The first-order valence-electron chi connectivity index (χ1n) is 9.41. The van der Waals surface area contributed by atoms with E-state index in [0.29, 0.717) is 30.3 Å². The monoisotopic (exact) mass is 401 g/mol. The van der Waals surface area contributed by atoms with Crippen LogP contribution < -0.4 is 0 Å². The minimum Gasteiger partial charge on any atom is -0.461 e. The minimum atomic E-state index is -1.16. The SMILES string of the molecule is CCOC(=O)c1nc(-n2ccnc2)nc2c(C)cn(COCC[Si](C)(C)C)c12. The molecule has 0 fully saturated rings. The van der Waals surface area contributed by atoms with Crippen LogP contribution in [0.3, 0.4) is 0 Å². The fourth-order valence-electron chi connectivity index (χ4n) is 2.83. The van der Waals surface area contributed by atoms with Crippen LogP contribution in [0, 0.1) is 6.92 Å². The number of carbonyl (C=O) groups excluding carboxylic acids is 1. The van der Waals surface area contributed by atoms with Crippen molar-refractivity contribution in [2.24, 2.45) is 0 Å². The third kappa shape index (κ3) is 4.48. The molecule has 0 amide bonds. The zero-order valence-electron chi connectivity index (χ0n) is 17.1. The van der Waals surface area contributed by atoms with Crippen LogP contribution in [0.4, 0.5) is 0 Å². The molecule has 28 heavy (non-hydrogen) atoms. The molecular formula is C19H27N5O3Si. The molecule has 3 aromatic heterocycles. The lowest BCUT2D eigenvalue weighted by atomic mass is 10.2. The predicted molar refractivity (Wildman–Crippen MR) is 109 cm³/mol. The van der Waals surface area contributed by atoms with E-state index < -0.39 is 14.0 Å². The quantitative estimate of drug-likeness (QED) is 0.327. The molecule has 0 saturated carbocycles. The molecule has 8 nitrogen and oxygen atoms in total. The molecule has 0 aliphatic rings. The Morgan fingerprint density at radius 1 is 1.25 bits per heavy atom. The van der Waals surface area contributed by atoms with Crippen molar-refractivity contribution in [3.8, 4) is 5.95 Å². The molecule has 3 rings (SSSR count). The van der Waals surface area contributed by atoms with E-state index in [1.807, 2.05) is 17.7 Å². The Labute approximate surface area is 165 Å². The van der Waals surface area contributed by atoms with E-state index in [1.165, 1.54) is 0 Å². The third-order valence-corrected chi connectivity index (χ3v) is 6.02. The molecule has 0 aliphatic heterocycles. The van der Waals surface area contributed by atoms with Gasteiger partial charge in [0.1, 0.15) is 18.6 Å². The highest BCUT2D eigenvalue weighted by atomic mass is 28.3. The van der Waals surface area contributed by atoms with Gasteiger partial charge in [-0.05, 0) is 25.5 Å². The maximum atomic E-state index is 12.6. The largest absolute Gasteiger partial charge is 0.461 e. The van der Waals surface area contributed by atoms with E-state index in [-0.39, 0.29) is 12.3 Å². The van der Waals surface area contributed by atoms with Gasteiger partial charge in [0.2, 0.25) is 5.95 Å². The second-order valence-electron chi connectivity index (χ2n) is 7.89. The second kappa shape index (κ2) is 8.23. The molecule has 0 radical (unpaired) electrons. The van der Waals surface area contributed by atoms with Gasteiger partial charge in [0, 0.05) is 33.3 Å². The van der Waals surface area contributed by atoms with Crippen LogP contribution in [0.15, 0.2) is 24.9 Å². The molecule has 3 heterocycles. The standard InChI is InChI=1S/C19H27N5O3Si/c1-6-27-18(25)16-17-15(21-19(22-16)23-8-7-20-12-23)14(2)11-24(17)13-26-9-10-28(3,4)5/h7-8,11-12H,6,9-10,13H2,1-5H3.